The maximum Gasteiger partial charge on any atom is 0.246 e. The Morgan fingerprint density at radius 1 is 0.795 bits per heavy atom. The number of carbonyl (C=O) groups is 8. The van der Waals surface area contributed by atoms with Crippen molar-refractivity contribution in [2.24, 2.45) is 22.2 Å². The summed E-state index contributed by atoms with van der Waals surface area (Å²) in [6.45, 7) is 2.12. The summed E-state index contributed by atoms with van der Waals surface area (Å²) in [5, 5.41) is 20.6. The molecule has 2 heterocycles. The fourth-order valence-electron chi connectivity index (χ4n) is 9.19. The van der Waals surface area contributed by atoms with Gasteiger partial charge in [-0.3, -0.25) is 43.3 Å². The monoisotopic (exact) mass is 1070 g/mol. The van der Waals surface area contributed by atoms with Gasteiger partial charge in [0.1, 0.15) is 35.7 Å². The van der Waals surface area contributed by atoms with E-state index in [2.05, 4.69) is 63.1 Å². The summed E-state index contributed by atoms with van der Waals surface area (Å²) in [7, 11) is 0. The van der Waals surface area contributed by atoms with Crippen LogP contribution >= 0.6 is 15.9 Å². The summed E-state index contributed by atoms with van der Waals surface area (Å²) in [5.74, 6) is -5.76. The highest BCUT2D eigenvalue weighted by Gasteiger charge is 2.46. The van der Waals surface area contributed by atoms with Crippen LogP contribution in [-0.4, -0.2) is 107 Å². The van der Waals surface area contributed by atoms with Crippen LogP contribution in [0.15, 0.2) is 88.5 Å². The molecule has 1 spiro atoms. The van der Waals surface area contributed by atoms with E-state index in [9.17, 15) is 33.6 Å². The van der Waals surface area contributed by atoms with Gasteiger partial charge < -0.3 is 59.4 Å². The number of nitrogens with two attached hydrogens (primary N) is 3. The van der Waals surface area contributed by atoms with E-state index < -0.39 is 89.4 Å². The first-order chi connectivity index (χ1) is 35.0. The van der Waals surface area contributed by atoms with Gasteiger partial charge in [0.05, 0.1) is 6.42 Å². The fraction of sp³-hybridized carbons (Fsp3) is 0.442. The molecule has 8 amide bonds. The van der Waals surface area contributed by atoms with E-state index in [1.54, 1.807) is 36.5 Å². The lowest BCUT2D eigenvalue weighted by atomic mass is 9.76. The Bertz CT molecular complexity index is 2660. The lowest BCUT2D eigenvalue weighted by Gasteiger charge is -2.40. The molecule has 2 unspecified atom stereocenters. The normalized spacial score (nSPS) is 22.8. The molecule has 0 radical (unpaired) electrons. The number of H-pyrrole nitrogens is 1. The molecule has 1 aliphatic carbocycles. The van der Waals surface area contributed by atoms with Crippen LogP contribution in [0.4, 0.5) is 0 Å². The van der Waals surface area contributed by atoms with Gasteiger partial charge in [-0.05, 0) is 85.8 Å². The Hall–Kier alpha value is -7.29. The summed E-state index contributed by atoms with van der Waals surface area (Å²) in [4.78, 5) is 121. The van der Waals surface area contributed by atoms with Gasteiger partial charge >= 0.3 is 0 Å². The van der Waals surface area contributed by atoms with Crippen molar-refractivity contribution in [2.45, 2.75) is 133 Å². The molecule has 6 atom stereocenters. The molecule has 1 saturated heterocycles. The molecule has 73 heavy (non-hydrogen) atoms. The van der Waals surface area contributed by atoms with Crippen molar-refractivity contribution < 1.29 is 38.4 Å². The van der Waals surface area contributed by atoms with Crippen molar-refractivity contribution in [1.29, 1.82) is 0 Å². The second-order valence-corrected chi connectivity index (χ2v) is 19.6. The number of hydrogen-bond acceptors (Lipinski definition) is 9. The van der Waals surface area contributed by atoms with E-state index in [0.29, 0.717) is 47.7 Å². The summed E-state index contributed by atoms with van der Waals surface area (Å²) in [6.07, 6.45) is 3.81. The van der Waals surface area contributed by atoms with Crippen LogP contribution in [0.3, 0.4) is 0 Å². The average molecular weight is 1070 g/mol. The molecule has 4 aromatic rings. The van der Waals surface area contributed by atoms with Crippen LogP contribution in [0.5, 0.6) is 0 Å². The first kappa shape index (κ1) is 55.0. The highest BCUT2D eigenvalue weighted by molar-refractivity contribution is 9.10. The van der Waals surface area contributed by atoms with Gasteiger partial charge in [-0.2, -0.15) is 0 Å². The van der Waals surface area contributed by atoms with Gasteiger partial charge in [-0.15, -0.1) is 0 Å². The van der Waals surface area contributed by atoms with E-state index in [1.807, 2.05) is 49.4 Å². The average Bonchev–Trinajstić information content (AvgIpc) is 3.77. The molecule has 2 aliphatic rings. The number of guanidine groups is 1. The molecule has 1 fully saturated rings. The predicted molar refractivity (Wildman–Crippen MR) is 279 cm³/mol. The first-order valence-corrected chi connectivity index (χ1v) is 25.6. The topological polar surface area (TPSA) is 327 Å². The summed E-state index contributed by atoms with van der Waals surface area (Å²) < 4.78 is 0.691. The molecule has 1 aromatic heterocycles. The highest BCUT2D eigenvalue weighted by atomic mass is 79.9. The van der Waals surface area contributed by atoms with Gasteiger partial charge in [-0.1, -0.05) is 89.9 Å². The predicted octanol–water partition coefficient (Wildman–Crippen LogP) is 1.60. The summed E-state index contributed by atoms with van der Waals surface area (Å²) in [5.41, 5.74) is 19.1. The molecule has 3 aromatic carbocycles. The Morgan fingerprint density at radius 2 is 1.51 bits per heavy atom. The Balaban J connectivity index is 1.41. The quantitative estimate of drug-likeness (QED) is 0.0522. The number of carbonyl (C=O) groups excluding carboxylic acids is 8. The molecular formula is C52H67BrN12O8. The van der Waals surface area contributed by atoms with Crippen LogP contribution in [0, 0.1) is 0 Å². The number of para-hydroxylation sites is 1. The minimum absolute atomic E-state index is 0.0192. The van der Waals surface area contributed by atoms with Crippen LogP contribution < -0.4 is 54.4 Å². The molecular weight excluding hydrogens is 1000 g/mol. The van der Waals surface area contributed by atoms with E-state index in [4.69, 9.17) is 17.2 Å². The zero-order chi connectivity index (χ0) is 52.5. The number of fused-ring (bicyclic) bond motifs is 2. The molecule has 0 bridgehead atoms. The van der Waals surface area contributed by atoms with E-state index in [-0.39, 0.29) is 70.4 Å². The largest absolute Gasteiger partial charge is 0.370 e. The Labute approximate surface area is 432 Å². The number of primary amides is 1. The standard InChI is InChI=1S/C52H67BrN12O8/c1-2-3-21-43(66)60-42-28-44(67)57-24-10-9-19-38(45(54)68)61-48(71)41(27-33-30-59-37-18-8-7-16-34(33)37)63-46(69)39(20-12-25-58-51(55)56)62-47(70)40(26-31-13-5-4-6-14-31)64-50(73)52(65-49(42)72)23-22-32-15-11-17-36(53)35(32)29-52/h4-8,11,13-18,30,38-42,59H,2-3,9-10,12,19-29H2,1H3,(H2,54,68)(H,57,67)(H,60,66)(H,61,71)(H,62,70)(H,63,69)(H,64,73)(H,65,72)(H4,55,56,58)/t38-,39-,40+,41-,42?,52?/m0/s1. The number of aryl methyl sites for hydroxylation is 1. The number of hydrogen-bond donors (Lipinski definition) is 11. The lowest BCUT2D eigenvalue weighted by Crippen LogP contribution is -2.67. The molecule has 6 rings (SSSR count). The number of nitrogens with zero attached hydrogens (tertiary/aromatic N) is 1. The second kappa shape index (κ2) is 26.4. The highest BCUT2D eigenvalue weighted by Crippen LogP contribution is 2.34. The van der Waals surface area contributed by atoms with E-state index in [0.717, 1.165) is 22.0 Å². The van der Waals surface area contributed by atoms with Crippen LogP contribution in [-0.2, 0) is 64.0 Å². The lowest BCUT2D eigenvalue weighted by molar-refractivity contribution is -0.139. The number of aromatic amines is 1. The third kappa shape index (κ3) is 15.6. The van der Waals surface area contributed by atoms with Gasteiger partial charge in [0.25, 0.3) is 0 Å². The first-order valence-electron chi connectivity index (χ1n) is 24.9. The molecule has 0 saturated carbocycles. The molecule has 1 aliphatic heterocycles. The Morgan fingerprint density at radius 3 is 2.26 bits per heavy atom. The van der Waals surface area contributed by atoms with E-state index >= 15 is 4.79 Å². The van der Waals surface area contributed by atoms with Crippen molar-refractivity contribution in [2.75, 3.05) is 13.1 Å². The van der Waals surface area contributed by atoms with Crippen molar-refractivity contribution in [1.82, 2.24) is 42.2 Å². The minimum Gasteiger partial charge on any atom is -0.370 e. The van der Waals surface area contributed by atoms with E-state index in [1.165, 1.54) is 0 Å². The zero-order valence-electron chi connectivity index (χ0n) is 41.0. The number of aromatic nitrogens is 1. The van der Waals surface area contributed by atoms with Gasteiger partial charge in [0.2, 0.25) is 47.3 Å². The summed E-state index contributed by atoms with van der Waals surface area (Å²) >= 11 is 3.63. The molecule has 390 valence electrons. The van der Waals surface area contributed by atoms with Crippen molar-refractivity contribution >= 4 is 80.0 Å². The number of nitrogens with one attached hydrogen (secondary N) is 8. The number of aliphatic imine (C=N–C) groups is 1. The molecule has 21 heteroatoms. The van der Waals surface area contributed by atoms with Gasteiger partial charge in [0, 0.05) is 60.3 Å². The van der Waals surface area contributed by atoms with Crippen molar-refractivity contribution in [3.05, 3.63) is 106 Å². The number of rotatable bonds is 13. The number of unbranched alkanes of at least 4 members (excludes halogenated alkanes) is 1. The Kier molecular flexibility index (Phi) is 19.9. The van der Waals surface area contributed by atoms with Crippen LogP contribution in [0.2, 0.25) is 0 Å². The molecule has 20 nitrogen and oxygen atoms in total. The minimum atomic E-state index is -1.71. The van der Waals surface area contributed by atoms with Crippen LogP contribution in [0.1, 0.15) is 93.4 Å². The fourth-order valence-corrected chi connectivity index (χ4v) is 9.73. The number of halogens is 1. The molecule has 14 N–H and O–H groups in total. The number of amides is 8. The maximum atomic E-state index is 15.3. The second-order valence-electron chi connectivity index (χ2n) is 18.7. The SMILES string of the molecule is CCCCC(=O)NC1CC(=O)NCCCC[C@@H](C(N)=O)NC(=O)[C@H](Cc2c[nH]c3ccccc23)NC(=O)[C@H](CCCN=C(N)N)NC(=O)[C@@H](Cc2ccccc2)NC(=O)C2(CCc3cccc(Br)c3C2)NC1=O. The third-order valence-corrected chi connectivity index (χ3v) is 14.0. The summed E-state index contributed by atoms with van der Waals surface area (Å²) in [6, 6.07) is 15.4. The van der Waals surface area contributed by atoms with Gasteiger partial charge in [-0.25, -0.2) is 0 Å². The number of benzene rings is 3. The van der Waals surface area contributed by atoms with Crippen molar-refractivity contribution in [3.8, 4) is 0 Å². The smallest absolute Gasteiger partial charge is 0.246 e. The maximum absolute atomic E-state index is 15.3. The van der Waals surface area contributed by atoms with Gasteiger partial charge in [0.15, 0.2) is 5.96 Å². The zero-order valence-corrected chi connectivity index (χ0v) is 42.6. The van der Waals surface area contributed by atoms with Crippen LogP contribution in [0.25, 0.3) is 10.9 Å². The third-order valence-electron chi connectivity index (χ3n) is 13.2. The van der Waals surface area contributed by atoms with Crippen molar-refractivity contribution in [3.63, 3.8) is 0 Å².